The Bertz CT molecular complexity index is 1130. The minimum absolute atomic E-state index is 0.123. The second-order valence-electron chi connectivity index (χ2n) is 6.31. The number of halogens is 1. The lowest BCUT2D eigenvalue weighted by atomic mass is 10.1. The molecule has 0 unspecified atom stereocenters. The van der Waals surface area contributed by atoms with Crippen molar-refractivity contribution in [3.8, 4) is 17.0 Å². The largest absolute Gasteiger partial charge is 0.497 e. The summed E-state index contributed by atoms with van der Waals surface area (Å²) in [6, 6.07) is 13.5. The van der Waals surface area contributed by atoms with Crippen LogP contribution >= 0.6 is 0 Å². The quantitative estimate of drug-likeness (QED) is 0.615. The van der Waals surface area contributed by atoms with E-state index in [-0.39, 0.29) is 11.3 Å². The van der Waals surface area contributed by atoms with E-state index >= 15 is 0 Å². The second kappa shape index (κ2) is 8.99. The molecular formula is C21H18FN3O5. The lowest BCUT2D eigenvalue weighted by molar-refractivity contribution is -0.142. The van der Waals surface area contributed by atoms with Gasteiger partial charge in [0, 0.05) is 17.7 Å². The number of carboxylic acids is 1. The molecule has 30 heavy (non-hydrogen) atoms. The van der Waals surface area contributed by atoms with E-state index < -0.39 is 35.8 Å². The minimum Gasteiger partial charge on any atom is -0.497 e. The van der Waals surface area contributed by atoms with Gasteiger partial charge in [-0.3, -0.25) is 9.59 Å². The summed E-state index contributed by atoms with van der Waals surface area (Å²) in [4.78, 5) is 36.0. The first-order valence-corrected chi connectivity index (χ1v) is 8.88. The van der Waals surface area contributed by atoms with Gasteiger partial charge in [0.2, 0.25) is 5.91 Å². The number of hydrogen-bond acceptors (Lipinski definition) is 5. The highest BCUT2D eigenvalue weighted by Crippen LogP contribution is 2.24. The zero-order chi connectivity index (χ0) is 21.7. The van der Waals surface area contributed by atoms with Crippen molar-refractivity contribution in [1.82, 2.24) is 15.1 Å². The molecule has 1 heterocycles. The Morgan fingerprint density at radius 3 is 2.53 bits per heavy atom. The Morgan fingerprint density at radius 2 is 1.90 bits per heavy atom. The number of rotatable bonds is 7. The van der Waals surface area contributed by atoms with Crippen LogP contribution in [0.1, 0.15) is 11.6 Å². The standard InChI is InChI=1S/C21H18FN3O5/c1-30-14-7-8-15(16(22)11-14)17-9-10-19(27)25(24-17)12-18(26)23-20(21(28)29)13-5-3-2-4-6-13/h2-11,20H,12H2,1H3,(H,23,26)(H,28,29)/t20-/m0/s1. The summed E-state index contributed by atoms with van der Waals surface area (Å²) in [5.74, 6) is -2.26. The molecule has 0 aliphatic rings. The molecule has 1 amide bonds. The molecule has 8 nitrogen and oxygen atoms in total. The monoisotopic (exact) mass is 411 g/mol. The molecule has 0 saturated carbocycles. The zero-order valence-electron chi connectivity index (χ0n) is 15.9. The predicted octanol–water partition coefficient (Wildman–Crippen LogP) is 2.00. The van der Waals surface area contributed by atoms with Crippen molar-refractivity contribution in [1.29, 1.82) is 0 Å². The van der Waals surface area contributed by atoms with Crippen LogP contribution in [0.5, 0.6) is 5.75 Å². The molecule has 0 fully saturated rings. The van der Waals surface area contributed by atoms with E-state index in [9.17, 15) is 23.9 Å². The normalized spacial score (nSPS) is 11.5. The summed E-state index contributed by atoms with van der Waals surface area (Å²) in [5, 5.41) is 15.8. The SMILES string of the molecule is COc1ccc(-c2ccc(=O)n(CC(=O)N[C@H](C(=O)O)c3ccccc3)n2)c(F)c1. The van der Waals surface area contributed by atoms with E-state index in [0.29, 0.717) is 11.3 Å². The van der Waals surface area contributed by atoms with Crippen molar-refractivity contribution < 1.29 is 23.8 Å². The van der Waals surface area contributed by atoms with Crippen LogP contribution in [-0.4, -0.2) is 33.9 Å². The number of nitrogens with zero attached hydrogens (tertiary/aromatic N) is 2. The number of hydrogen-bond donors (Lipinski definition) is 2. The molecular weight excluding hydrogens is 393 g/mol. The lowest BCUT2D eigenvalue weighted by Gasteiger charge is -2.15. The molecule has 1 aromatic heterocycles. The van der Waals surface area contributed by atoms with E-state index in [0.717, 1.165) is 10.7 Å². The Morgan fingerprint density at radius 1 is 1.17 bits per heavy atom. The number of nitrogens with one attached hydrogen (secondary N) is 1. The van der Waals surface area contributed by atoms with Crippen molar-refractivity contribution in [2.45, 2.75) is 12.6 Å². The smallest absolute Gasteiger partial charge is 0.330 e. The van der Waals surface area contributed by atoms with Gasteiger partial charge in [-0.25, -0.2) is 13.9 Å². The number of carboxylic acid groups (broad SMARTS) is 1. The van der Waals surface area contributed by atoms with Crippen LogP contribution in [0, 0.1) is 5.82 Å². The van der Waals surface area contributed by atoms with Crippen molar-refractivity contribution in [3.63, 3.8) is 0 Å². The maximum absolute atomic E-state index is 14.3. The van der Waals surface area contributed by atoms with Crippen molar-refractivity contribution >= 4 is 11.9 Å². The number of amides is 1. The van der Waals surface area contributed by atoms with Crippen LogP contribution in [0.25, 0.3) is 11.3 Å². The highest BCUT2D eigenvalue weighted by atomic mass is 19.1. The highest BCUT2D eigenvalue weighted by Gasteiger charge is 2.22. The Hall–Kier alpha value is -4.01. The number of carbonyl (C=O) groups is 2. The summed E-state index contributed by atoms with van der Waals surface area (Å²) >= 11 is 0. The first kappa shape index (κ1) is 20.7. The van der Waals surface area contributed by atoms with Gasteiger partial charge < -0.3 is 15.2 Å². The van der Waals surface area contributed by atoms with E-state index in [1.165, 1.54) is 25.3 Å². The number of methoxy groups -OCH3 is 1. The molecule has 2 N–H and O–H groups in total. The maximum Gasteiger partial charge on any atom is 0.330 e. The van der Waals surface area contributed by atoms with E-state index in [2.05, 4.69) is 10.4 Å². The molecule has 3 aromatic rings. The zero-order valence-corrected chi connectivity index (χ0v) is 15.9. The van der Waals surface area contributed by atoms with Gasteiger partial charge in [0.15, 0.2) is 6.04 Å². The highest BCUT2D eigenvalue weighted by molar-refractivity contribution is 5.84. The molecule has 2 aromatic carbocycles. The maximum atomic E-state index is 14.3. The lowest BCUT2D eigenvalue weighted by Crippen LogP contribution is -2.38. The molecule has 3 rings (SSSR count). The van der Waals surface area contributed by atoms with Crippen LogP contribution in [0.15, 0.2) is 65.5 Å². The fourth-order valence-electron chi connectivity index (χ4n) is 2.81. The second-order valence-corrected chi connectivity index (χ2v) is 6.31. The van der Waals surface area contributed by atoms with Gasteiger partial charge in [0.05, 0.1) is 12.8 Å². The molecule has 9 heteroatoms. The fraction of sp³-hybridized carbons (Fsp3) is 0.143. The number of aliphatic carboxylic acids is 1. The van der Waals surface area contributed by atoms with Crippen LogP contribution in [0.4, 0.5) is 4.39 Å². The fourth-order valence-corrected chi connectivity index (χ4v) is 2.81. The summed E-state index contributed by atoms with van der Waals surface area (Å²) < 4.78 is 20.1. The first-order chi connectivity index (χ1) is 14.4. The van der Waals surface area contributed by atoms with Crippen LogP contribution in [-0.2, 0) is 16.1 Å². The average molecular weight is 411 g/mol. The molecule has 0 aliphatic carbocycles. The summed E-state index contributed by atoms with van der Waals surface area (Å²) in [5.41, 5.74) is 0.0557. The summed E-state index contributed by atoms with van der Waals surface area (Å²) in [7, 11) is 1.41. The van der Waals surface area contributed by atoms with Gasteiger partial charge in [-0.05, 0) is 23.8 Å². The third-order valence-corrected chi connectivity index (χ3v) is 4.30. The molecule has 154 valence electrons. The Balaban J connectivity index is 1.83. The molecule has 0 radical (unpaired) electrons. The van der Waals surface area contributed by atoms with Crippen LogP contribution in [0.3, 0.4) is 0 Å². The number of ether oxygens (including phenoxy) is 1. The van der Waals surface area contributed by atoms with Gasteiger partial charge in [-0.15, -0.1) is 0 Å². The van der Waals surface area contributed by atoms with Gasteiger partial charge >= 0.3 is 5.97 Å². The minimum atomic E-state index is -1.28. The molecule has 0 bridgehead atoms. The van der Waals surface area contributed by atoms with Crippen LogP contribution in [0.2, 0.25) is 0 Å². The number of benzene rings is 2. The summed E-state index contributed by atoms with van der Waals surface area (Å²) in [6.45, 7) is -0.527. The third-order valence-electron chi connectivity index (χ3n) is 4.30. The van der Waals surface area contributed by atoms with Gasteiger partial charge in [0.1, 0.15) is 18.1 Å². The van der Waals surface area contributed by atoms with E-state index in [4.69, 9.17) is 4.74 Å². The third kappa shape index (κ3) is 4.69. The van der Waals surface area contributed by atoms with Gasteiger partial charge in [-0.2, -0.15) is 5.10 Å². The molecule has 1 atom stereocenters. The summed E-state index contributed by atoms with van der Waals surface area (Å²) in [6.07, 6.45) is 0. The Labute approximate surface area is 170 Å². The van der Waals surface area contributed by atoms with Gasteiger partial charge in [0.25, 0.3) is 5.56 Å². The average Bonchev–Trinajstić information content (AvgIpc) is 2.74. The van der Waals surface area contributed by atoms with Crippen molar-refractivity contribution in [2.75, 3.05) is 7.11 Å². The first-order valence-electron chi connectivity index (χ1n) is 8.88. The molecule has 0 aliphatic heterocycles. The van der Waals surface area contributed by atoms with Gasteiger partial charge in [-0.1, -0.05) is 30.3 Å². The number of aromatic nitrogens is 2. The molecule has 0 spiro atoms. The number of carbonyl (C=O) groups excluding carboxylic acids is 1. The molecule has 0 saturated heterocycles. The van der Waals surface area contributed by atoms with Crippen molar-refractivity contribution in [2.24, 2.45) is 0 Å². The van der Waals surface area contributed by atoms with E-state index in [1.54, 1.807) is 36.4 Å². The van der Waals surface area contributed by atoms with Crippen LogP contribution < -0.4 is 15.6 Å². The van der Waals surface area contributed by atoms with Crippen molar-refractivity contribution in [3.05, 3.63) is 82.4 Å². The van der Waals surface area contributed by atoms with E-state index in [1.807, 2.05) is 0 Å². The topological polar surface area (TPSA) is 111 Å². The Kier molecular flexibility index (Phi) is 6.21. The predicted molar refractivity (Wildman–Crippen MR) is 105 cm³/mol.